The van der Waals surface area contributed by atoms with Gasteiger partial charge in [0.05, 0.1) is 12.0 Å². The number of hydrogen-bond acceptors (Lipinski definition) is 4. The third-order valence-electron chi connectivity index (χ3n) is 2.57. The molecule has 6 nitrogen and oxygen atoms in total. The maximum Gasteiger partial charge on any atom is 0.305 e. The van der Waals surface area contributed by atoms with E-state index in [1.807, 2.05) is 20.8 Å². The van der Waals surface area contributed by atoms with Crippen LogP contribution in [0.3, 0.4) is 0 Å². The lowest BCUT2D eigenvalue weighted by molar-refractivity contribution is -0.136. The molecule has 116 valence electrons. The molecular formula is C14H20N2O4S. The van der Waals surface area contributed by atoms with Gasteiger partial charge in [-0.3, -0.25) is 14.4 Å². The second kappa shape index (κ2) is 7.78. The van der Waals surface area contributed by atoms with Crippen LogP contribution >= 0.6 is 11.3 Å². The molecule has 1 heterocycles. The van der Waals surface area contributed by atoms with E-state index in [0.717, 1.165) is 4.88 Å². The van der Waals surface area contributed by atoms with Gasteiger partial charge in [-0.25, -0.2) is 0 Å². The first-order chi connectivity index (χ1) is 9.79. The number of anilines is 1. The summed E-state index contributed by atoms with van der Waals surface area (Å²) in [7, 11) is 0. The van der Waals surface area contributed by atoms with E-state index >= 15 is 0 Å². The fraction of sp³-hybridized carbons (Fsp3) is 0.500. The highest BCUT2D eigenvalue weighted by Gasteiger charge is 2.17. The molecule has 3 N–H and O–H groups in total. The van der Waals surface area contributed by atoms with E-state index in [4.69, 9.17) is 5.11 Å². The molecule has 1 aromatic rings. The molecule has 1 rings (SSSR count). The Bertz CT molecular complexity index is 537. The standard InChI is InChI=1S/C14H20N2O4S/c1-8(2)6-11(17)16-14-10(7-9(3)21-14)13(20)15-5-4-12(18)19/h7-8H,4-6H2,1-3H3,(H,15,20)(H,16,17)(H,18,19). The van der Waals surface area contributed by atoms with E-state index in [0.29, 0.717) is 17.0 Å². The zero-order valence-corrected chi connectivity index (χ0v) is 13.2. The average molecular weight is 312 g/mol. The van der Waals surface area contributed by atoms with Gasteiger partial charge >= 0.3 is 5.97 Å². The number of carboxylic acid groups (broad SMARTS) is 1. The highest BCUT2D eigenvalue weighted by atomic mass is 32.1. The minimum atomic E-state index is -0.970. The average Bonchev–Trinajstić information content (AvgIpc) is 2.68. The predicted molar refractivity (Wildman–Crippen MR) is 81.7 cm³/mol. The van der Waals surface area contributed by atoms with Crippen LogP contribution in [0.25, 0.3) is 0 Å². The normalized spacial score (nSPS) is 10.5. The van der Waals surface area contributed by atoms with Crippen LogP contribution in [0.2, 0.25) is 0 Å². The summed E-state index contributed by atoms with van der Waals surface area (Å²) in [6.45, 7) is 5.79. The van der Waals surface area contributed by atoms with Crippen LogP contribution in [0.4, 0.5) is 5.00 Å². The van der Waals surface area contributed by atoms with Crippen LogP contribution in [-0.2, 0) is 9.59 Å². The fourth-order valence-corrected chi connectivity index (χ4v) is 2.63. The molecule has 1 aromatic heterocycles. The van der Waals surface area contributed by atoms with Crippen molar-refractivity contribution in [3.05, 3.63) is 16.5 Å². The highest BCUT2D eigenvalue weighted by Crippen LogP contribution is 2.27. The van der Waals surface area contributed by atoms with Gasteiger partial charge in [-0.15, -0.1) is 11.3 Å². The minimum absolute atomic E-state index is 0.0580. The van der Waals surface area contributed by atoms with Gasteiger partial charge in [-0.1, -0.05) is 13.8 Å². The first-order valence-electron chi connectivity index (χ1n) is 6.70. The highest BCUT2D eigenvalue weighted by molar-refractivity contribution is 7.16. The second-order valence-corrected chi connectivity index (χ2v) is 6.40. The largest absolute Gasteiger partial charge is 0.481 e. The third-order valence-corrected chi connectivity index (χ3v) is 3.54. The van der Waals surface area contributed by atoms with Crippen molar-refractivity contribution in [1.29, 1.82) is 0 Å². The quantitative estimate of drug-likeness (QED) is 0.719. The van der Waals surface area contributed by atoms with Gasteiger partial charge in [-0.2, -0.15) is 0 Å². The lowest BCUT2D eigenvalue weighted by Crippen LogP contribution is -2.26. The molecule has 21 heavy (non-hydrogen) atoms. The molecule has 0 fully saturated rings. The van der Waals surface area contributed by atoms with Crippen molar-refractivity contribution in [1.82, 2.24) is 5.32 Å². The number of nitrogens with one attached hydrogen (secondary N) is 2. The zero-order valence-electron chi connectivity index (χ0n) is 12.4. The molecule has 0 saturated heterocycles. The maximum atomic E-state index is 12.0. The minimum Gasteiger partial charge on any atom is -0.481 e. The molecule has 2 amide bonds. The van der Waals surface area contributed by atoms with Crippen molar-refractivity contribution in [3.8, 4) is 0 Å². The molecule has 0 aliphatic heterocycles. The number of amides is 2. The topological polar surface area (TPSA) is 95.5 Å². The van der Waals surface area contributed by atoms with Crippen LogP contribution in [0.5, 0.6) is 0 Å². The van der Waals surface area contributed by atoms with Gasteiger partial charge in [0.1, 0.15) is 5.00 Å². The Labute approximate surface area is 127 Å². The van der Waals surface area contributed by atoms with Crippen molar-refractivity contribution in [3.63, 3.8) is 0 Å². The molecule has 0 aliphatic rings. The van der Waals surface area contributed by atoms with E-state index < -0.39 is 5.97 Å². The molecule has 0 aliphatic carbocycles. The van der Waals surface area contributed by atoms with Gasteiger partial charge in [0, 0.05) is 17.8 Å². The molecule has 0 bridgehead atoms. The summed E-state index contributed by atoms with van der Waals surface area (Å²) in [4.78, 5) is 35.1. The molecule has 0 radical (unpaired) electrons. The van der Waals surface area contributed by atoms with Crippen molar-refractivity contribution in [2.24, 2.45) is 5.92 Å². The third kappa shape index (κ3) is 5.95. The summed E-state index contributed by atoms with van der Waals surface area (Å²) in [5, 5.41) is 14.3. The van der Waals surface area contributed by atoms with Crippen LogP contribution in [-0.4, -0.2) is 29.4 Å². The number of carboxylic acids is 1. The lowest BCUT2D eigenvalue weighted by Gasteiger charge is -2.08. The molecule has 0 saturated carbocycles. The van der Waals surface area contributed by atoms with Gasteiger partial charge in [-0.05, 0) is 18.9 Å². The van der Waals surface area contributed by atoms with Gasteiger partial charge in [0.15, 0.2) is 0 Å². The van der Waals surface area contributed by atoms with Crippen LogP contribution < -0.4 is 10.6 Å². The molecule has 0 atom stereocenters. The summed E-state index contributed by atoms with van der Waals surface area (Å²) in [5.74, 6) is -1.24. The SMILES string of the molecule is Cc1cc(C(=O)NCCC(=O)O)c(NC(=O)CC(C)C)s1. The van der Waals surface area contributed by atoms with Gasteiger partial charge in [0.25, 0.3) is 5.91 Å². The molecule has 0 spiro atoms. The van der Waals surface area contributed by atoms with E-state index in [1.165, 1.54) is 11.3 Å². The van der Waals surface area contributed by atoms with Crippen molar-refractivity contribution >= 4 is 34.1 Å². The number of carbonyl (C=O) groups excluding carboxylic acids is 2. The first-order valence-corrected chi connectivity index (χ1v) is 7.51. The molecular weight excluding hydrogens is 292 g/mol. The lowest BCUT2D eigenvalue weighted by atomic mass is 10.1. The molecule has 0 aromatic carbocycles. The van der Waals surface area contributed by atoms with Gasteiger partial charge in [0.2, 0.25) is 5.91 Å². The number of aryl methyl sites for hydroxylation is 1. The number of carbonyl (C=O) groups is 3. The summed E-state index contributed by atoms with van der Waals surface area (Å²) >= 11 is 1.33. The van der Waals surface area contributed by atoms with E-state index in [-0.39, 0.29) is 30.7 Å². The Kier molecular flexibility index (Phi) is 6.36. The fourth-order valence-electron chi connectivity index (χ4n) is 1.70. The summed E-state index contributed by atoms with van der Waals surface area (Å²) < 4.78 is 0. The first kappa shape index (κ1) is 17.2. The maximum absolute atomic E-state index is 12.0. The number of rotatable bonds is 7. The Hall–Kier alpha value is -1.89. The van der Waals surface area contributed by atoms with Crippen molar-refractivity contribution in [2.75, 3.05) is 11.9 Å². The Balaban J connectivity index is 2.71. The van der Waals surface area contributed by atoms with E-state index in [9.17, 15) is 14.4 Å². The van der Waals surface area contributed by atoms with E-state index in [1.54, 1.807) is 6.07 Å². The Morgan fingerprint density at radius 2 is 2.00 bits per heavy atom. The Morgan fingerprint density at radius 1 is 1.33 bits per heavy atom. The number of thiophene rings is 1. The monoisotopic (exact) mass is 312 g/mol. The van der Waals surface area contributed by atoms with Crippen LogP contribution in [0.1, 0.15) is 41.9 Å². The molecule has 7 heteroatoms. The van der Waals surface area contributed by atoms with Crippen LogP contribution in [0, 0.1) is 12.8 Å². The van der Waals surface area contributed by atoms with Crippen LogP contribution in [0.15, 0.2) is 6.07 Å². The molecule has 0 unspecified atom stereocenters. The summed E-state index contributed by atoms with van der Waals surface area (Å²) in [6, 6.07) is 1.69. The van der Waals surface area contributed by atoms with Crippen molar-refractivity contribution < 1.29 is 19.5 Å². The van der Waals surface area contributed by atoms with E-state index in [2.05, 4.69) is 10.6 Å². The summed E-state index contributed by atoms with van der Waals surface area (Å²) in [6.07, 6.45) is 0.251. The van der Waals surface area contributed by atoms with Crippen molar-refractivity contribution in [2.45, 2.75) is 33.6 Å². The zero-order chi connectivity index (χ0) is 16.0. The van der Waals surface area contributed by atoms with Gasteiger partial charge < -0.3 is 15.7 Å². The smallest absolute Gasteiger partial charge is 0.305 e. The summed E-state index contributed by atoms with van der Waals surface area (Å²) in [5.41, 5.74) is 0.375. The Morgan fingerprint density at radius 3 is 2.57 bits per heavy atom. The predicted octanol–water partition coefficient (Wildman–Crippen LogP) is 2.25. The number of aliphatic carboxylic acids is 1. The number of hydrogen-bond donors (Lipinski definition) is 3. The second-order valence-electron chi connectivity index (χ2n) is 5.15.